The molecule has 0 radical (unpaired) electrons. The lowest BCUT2D eigenvalue weighted by Crippen LogP contribution is -2.32. The topological polar surface area (TPSA) is 114 Å². The standard InChI is InChI=1S/C14H19N5O3S/c1-14(2,3)13-16-5-8(12(21)18-13)11(20)15-6-10-17-9(7-23-4)19-22-10/h5H,6-7H2,1-4H3,(H,15,20)(H,16,18,21). The van der Waals surface area contributed by atoms with Crippen LogP contribution in [0.2, 0.25) is 0 Å². The number of hydrogen-bond donors (Lipinski definition) is 2. The third-order valence-corrected chi connectivity index (χ3v) is 3.48. The fraction of sp³-hybridized carbons (Fsp3) is 0.500. The summed E-state index contributed by atoms with van der Waals surface area (Å²) in [6.45, 7) is 5.83. The van der Waals surface area contributed by atoms with Gasteiger partial charge in [0.15, 0.2) is 5.82 Å². The lowest BCUT2D eigenvalue weighted by molar-refractivity contribution is 0.0944. The van der Waals surface area contributed by atoms with E-state index in [9.17, 15) is 9.59 Å². The summed E-state index contributed by atoms with van der Waals surface area (Å²) in [5.41, 5.74) is -0.830. The van der Waals surface area contributed by atoms with Crippen molar-refractivity contribution in [1.82, 2.24) is 25.4 Å². The largest absolute Gasteiger partial charge is 0.343 e. The number of aromatic amines is 1. The van der Waals surface area contributed by atoms with Gasteiger partial charge >= 0.3 is 0 Å². The van der Waals surface area contributed by atoms with Crippen LogP contribution >= 0.6 is 11.8 Å². The molecule has 0 aliphatic heterocycles. The number of aromatic nitrogens is 4. The molecule has 0 bridgehead atoms. The third kappa shape index (κ3) is 4.41. The maximum Gasteiger partial charge on any atom is 0.263 e. The van der Waals surface area contributed by atoms with Gasteiger partial charge in [-0.2, -0.15) is 16.7 Å². The molecular formula is C14H19N5O3S. The lowest BCUT2D eigenvalue weighted by atomic mass is 9.96. The van der Waals surface area contributed by atoms with E-state index < -0.39 is 11.5 Å². The molecule has 0 saturated heterocycles. The van der Waals surface area contributed by atoms with E-state index in [1.54, 1.807) is 11.8 Å². The van der Waals surface area contributed by atoms with Crippen LogP contribution in [0.1, 0.15) is 48.7 Å². The summed E-state index contributed by atoms with van der Waals surface area (Å²) in [7, 11) is 0. The minimum absolute atomic E-state index is 0.0538. The van der Waals surface area contributed by atoms with Crippen LogP contribution in [0.4, 0.5) is 0 Å². The molecule has 0 aliphatic carbocycles. The van der Waals surface area contributed by atoms with Gasteiger partial charge in [0, 0.05) is 11.6 Å². The highest BCUT2D eigenvalue weighted by Crippen LogP contribution is 2.15. The minimum Gasteiger partial charge on any atom is -0.343 e. The number of rotatable bonds is 5. The van der Waals surface area contributed by atoms with Crippen molar-refractivity contribution in [3.8, 4) is 0 Å². The van der Waals surface area contributed by atoms with Crippen molar-refractivity contribution < 1.29 is 9.32 Å². The highest BCUT2D eigenvalue weighted by Gasteiger charge is 2.19. The van der Waals surface area contributed by atoms with E-state index in [1.807, 2.05) is 27.0 Å². The Morgan fingerprint density at radius 3 is 2.78 bits per heavy atom. The van der Waals surface area contributed by atoms with Crippen LogP contribution in [0.25, 0.3) is 0 Å². The summed E-state index contributed by atoms with van der Waals surface area (Å²) in [6.07, 6.45) is 3.21. The molecule has 0 aliphatic rings. The highest BCUT2D eigenvalue weighted by molar-refractivity contribution is 7.97. The number of carbonyl (C=O) groups excluding carboxylic acids is 1. The van der Waals surface area contributed by atoms with Crippen molar-refractivity contribution in [2.45, 2.75) is 38.5 Å². The minimum atomic E-state index is -0.538. The molecule has 2 aromatic heterocycles. The van der Waals surface area contributed by atoms with Gasteiger partial charge in [-0.05, 0) is 6.26 Å². The zero-order valence-corrected chi connectivity index (χ0v) is 14.3. The summed E-state index contributed by atoms with van der Waals surface area (Å²) >= 11 is 1.57. The zero-order valence-electron chi connectivity index (χ0n) is 13.5. The Balaban J connectivity index is 2.04. The zero-order chi connectivity index (χ0) is 17.0. The predicted molar refractivity (Wildman–Crippen MR) is 86.2 cm³/mol. The van der Waals surface area contributed by atoms with Crippen molar-refractivity contribution in [1.29, 1.82) is 0 Å². The van der Waals surface area contributed by atoms with Crippen molar-refractivity contribution >= 4 is 17.7 Å². The van der Waals surface area contributed by atoms with Gasteiger partial charge in [0.25, 0.3) is 11.5 Å². The lowest BCUT2D eigenvalue weighted by Gasteiger charge is -2.16. The van der Waals surface area contributed by atoms with E-state index in [0.717, 1.165) is 0 Å². The molecular weight excluding hydrogens is 318 g/mol. The Bertz CT molecular complexity index is 747. The van der Waals surface area contributed by atoms with E-state index in [1.165, 1.54) is 6.20 Å². The molecule has 124 valence electrons. The number of H-pyrrole nitrogens is 1. The third-order valence-electron chi connectivity index (χ3n) is 2.94. The van der Waals surface area contributed by atoms with Crippen molar-refractivity contribution in [2.24, 2.45) is 0 Å². The Labute approximate surface area is 137 Å². The number of carbonyl (C=O) groups is 1. The number of thioether (sulfide) groups is 1. The Kier molecular flexibility index (Phi) is 5.19. The molecule has 23 heavy (non-hydrogen) atoms. The molecule has 1 amide bonds. The number of nitrogens with one attached hydrogen (secondary N) is 2. The van der Waals surface area contributed by atoms with Crippen LogP contribution in [0.15, 0.2) is 15.5 Å². The first-order valence-electron chi connectivity index (χ1n) is 6.99. The van der Waals surface area contributed by atoms with Gasteiger partial charge in [0.2, 0.25) is 5.89 Å². The molecule has 0 fully saturated rings. The van der Waals surface area contributed by atoms with E-state index in [2.05, 4.69) is 25.4 Å². The highest BCUT2D eigenvalue weighted by atomic mass is 32.2. The summed E-state index contributed by atoms with van der Waals surface area (Å²) in [4.78, 5) is 35.0. The predicted octanol–water partition coefficient (Wildman–Crippen LogP) is 1.24. The Hall–Kier alpha value is -2.16. The van der Waals surface area contributed by atoms with Crippen LogP contribution in [-0.4, -0.2) is 32.3 Å². The molecule has 2 N–H and O–H groups in total. The van der Waals surface area contributed by atoms with Gasteiger partial charge in [-0.3, -0.25) is 9.59 Å². The van der Waals surface area contributed by atoms with Crippen molar-refractivity contribution in [2.75, 3.05) is 6.26 Å². The van der Waals surface area contributed by atoms with Gasteiger partial charge in [0.05, 0.1) is 12.3 Å². The molecule has 0 aromatic carbocycles. The van der Waals surface area contributed by atoms with Gasteiger partial charge in [-0.25, -0.2) is 4.98 Å². The quantitative estimate of drug-likeness (QED) is 0.843. The average Bonchev–Trinajstić information content (AvgIpc) is 2.92. The maximum atomic E-state index is 12.1. The Morgan fingerprint density at radius 1 is 1.43 bits per heavy atom. The number of nitrogens with zero attached hydrogens (tertiary/aromatic N) is 3. The molecule has 0 spiro atoms. The molecule has 0 atom stereocenters. The van der Waals surface area contributed by atoms with Gasteiger partial charge in [-0.15, -0.1) is 0 Å². The first-order valence-corrected chi connectivity index (χ1v) is 8.39. The van der Waals surface area contributed by atoms with Gasteiger partial charge < -0.3 is 14.8 Å². The molecule has 2 heterocycles. The molecule has 2 rings (SSSR count). The van der Waals surface area contributed by atoms with Gasteiger partial charge in [0.1, 0.15) is 11.4 Å². The second-order valence-corrected chi connectivity index (χ2v) is 6.81. The fourth-order valence-electron chi connectivity index (χ4n) is 1.74. The van der Waals surface area contributed by atoms with Crippen LogP contribution < -0.4 is 10.9 Å². The molecule has 0 saturated carbocycles. The summed E-state index contributed by atoms with van der Waals surface area (Å²) < 4.78 is 5.01. The van der Waals surface area contributed by atoms with Crippen LogP contribution in [0.5, 0.6) is 0 Å². The SMILES string of the molecule is CSCc1noc(CNC(=O)c2cnc(C(C)(C)C)[nH]c2=O)n1. The second kappa shape index (κ2) is 6.95. The fourth-order valence-corrected chi connectivity index (χ4v) is 2.11. The maximum absolute atomic E-state index is 12.1. The summed E-state index contributed by atoms with van der Waals surface area (Å²) in [5, 5.41) is 6.34. The smallest absolute Gasteiger partial charge is 0.263 e. The summed E-state index contributed by atoms with van der Waals surface area (Å²) in [6, 6.07) is 0. The average molecular weight is 337 g/mol. The molecule has 0 unspecified atom stereocenters. The molecule has 9 heteroatoms. The van der Waals surface area contributed by atoms with Gasteiger partial charge in [-0.1, -0.05) is 25.9 Å². The summed E-state index contributed by atoms with van der Waals surface area (Å²) in [5.74, 6) is 1.48. The monoisotopic (exact) mass is 337 g/mol. The first kappa shape index (κ1) is 17.2. The second-order valence-electron chi connectivity index (χ2n) is 5.94. The molecule has 8 nitrogen and oxygen atoms in total. The van der Waals surface area contributed by atoms with Crippen molar-refractivity contribution in [3.05, 3.63) is 39.7 Å². The normalized spacial score (nSPS) is 11.5. The van der Waals surface area contributed by atoms with E-state index in [-0.39, 0.29) is 23.4 Å². The van der Waals surface area contributed by atoms with E-state index in [4.69, 9.17) is 4.52 Å². The van der Waals surface area contributed by atoms with Crippen LogP contribution in [-0.2, 0) is 17.7 Å². The number of hydrogen-bond acceptors (Lipinski definition) is 7. The van der Waals surface area contributed by atoms with Crippen molar-refractivity contribution in [3.63, 3.8) is 0 Å². The molecule has 2 aromatic rings. The van der Waals surface area contributed by atoms with E-state index >= 15 is 0 Å². The first-order chi connectivity index (χ1) is 10.8. The van der Waals surface area contributed by atoms with E-state index in [0.29, 0.717) is 17.4 Å². The number of amides is 1. The van der Waals surface area contributed by atoms with Crippen LogP contribution in [0, 0.1) is 0 Å². The Morgan fingerprint density at radius 2 is 2.17 bits per heavy atom. The van der Waals surface area contributed by atoms with Crippen LogP contribution in [0.3, 0.4) is 0 Å².